The van der Waals surface area contributed by atoms with Gasteiger partial charge >= 0.3 is 0 Å². The average molecular weight is 246 g/mol. The predicted octanol–water partition coefficient (Wildman–Crippen LogP) is 2.06. The lowest BCUT2D eigenvalue weighted by molar-refractivity contribution is -0.122. The largest absolute Gasteiger partial charge is 0.355 e. The minimum atomic E-state index is -0.0332. The van der Waals surface area contributed by atoms with Crippen molar-refractivity contribution < 1.29 is 4.79 Å². The maximum Gasteiger partial charge on any atom is 0.237 e. The van der Waals surface area contributed by atoms with Crippen molar-refractivity contribution in [1.82, 2.24) is 10.6 Å². The third-order valence-electron chi connectivity index (χ3n) is 3.66. The van der Waals surface area contributed by atoms with E-state index >= 15 is 0 Å². The molecule has 1 aliphatic heterocycles. The monoisotopic (exact) mass is 246 g/mol. The Morgan fingerprint density at radius 3 is 2.89 bits per heavy atom. The van der Waals surface area contributed by atoms with E-state index < -0.39 is 0 Å². The molecule has 1 heterocycles. The number of nitrogens with one attached hydrogen (secondary N) is 2. The standard InChI is InChI=1S/C15H22N2O/c1-11-6-7-13(9-12(11)2)10-17-14-5-3-4-8-16-15(14)18/h6-7,9,14,17H,3-5,8,10H2,1-2H3,(H,16,18)/t14-/m1/s1. The molecular weight excluding hydrogens is 224 g/mol. The molecule has 0 spiro atoms. The molecule has 1 saturated heterocycles. The van der Waals surface area contributed by atoms with Crippen molar-refractivity contribution in [2.24, 2.45) is 0 Å². The van der Waals surface area contributed by atoms with Gasteiger partial charge in [0.25, 0.3) is 0 Å². The maximum atomic E-state index is 11.8. The Morgan fingerprint density at radius 2 is 2.11 bits per heavy atom. The average Bonchev–Trinajstić information content (AvgIpc) is 2.56. The highest BCUT2D eigenvalue weighted by Crippen LogP contribution is 2.11. The van der Waals surface area contributed by atoms with Crippen molar-refractivity contribution >= 4 is 5.91 Å². The van der Waals surface area contributed by atoms with E-state index in [1.807, 2.05) is 0 Å². The van der Waals surface area contributed by atoms with Crippen LogP contribution in [0, 0.1) is 13.8 Å². The number of carbonyl (C=O) groups excluding carboxylic acids is 1. The van der Waals surface area contributed by atoms with Crippen LogP contribution >= 0.6 is 0 Å². The molecule has 3 heteroatoms. The fraction of sp³-hybridized carbons (Fsp3) is 0.533. The molecule has 0 aliphatic carbocycles. The zero-order valence-corrected chi connectivity index (χ0v) is 11.3. The van der Waals surface area contributed by atoms with Crippen molar-refractivity contribution in [2.75, 3.05) is 6.54 Å². The first kappa shape index (κ1) is 13.1. The van der Waals surface area contributed by atoms with E-state index in [2.05, 4.69) is 42.7 Å². The van der Waals surface area contributed by atoms with Crippen molar-refractivity contribution in [2.45, 2.75) is 45.7 Å². The van der Waals surface area contributed by atoms with Gasteiger partial charge < -0.3 is 10.6 Å². The molecule has 1 aromatic rings. The summed E-state index contributed by atoms with van der Waals surface area (Å²) in [7, 11) is 0. The number of amides is 1. The molecule has 1 amide bonds. The second kappa shape index (κ2) is 6.01. The Hall–Kier alpha value is -1.35. The molecule has 0 saturated carbocycles. The van der Waals surface area contributed by atoms with E-state index in [0.717, 1.165) is 32.4 Å². The molecule has 2 rings (SSSR count). The number of hydrogen-bond donors (Lipinski definition) is 2. The van der Waals surface area contributed by atoms with Gasteiger partial charge in [-0.3, -0.25) is 4.79 Å². The van der Waals surface area contributed by atoms with E-state index in [4.69, 9.17) is 0 Å². The van der Waals surface area contributed by atoms with Gasteiger partial charge in [0.2, 0.25) is 5.91 Å². The lowest BCUT2D eigenvalue weighted by atomic mass is 10.1. The summed E-state index contributed by atoms with van der Waals surface area (Å²) < 4.78 is 0. The molecule has 18 heavy (non-hydrogen) atoms. The predicted molar refractivity (Wildman–Crippen MR) is 73.4 cm³/mol. The molecule has 1 aliphatic rings. The van der Waals surface area contributed by atoms with Crippen molar-refractivity contribution in [1.29, 1.82) is 0 Å². The van der Waals surface area contributed by atoms with Crippen LogP contribution in [0.4, 0.5) is 0 Å². The third-order valence-corrected chi connectivity index (χ3v) is 3.66. The number of carbonyl (C=O) groups is 1. The lowest BCUT2D eigenvalue weighted by Gasteiger charge is -2.15. The number of hydrogen-bond acceptors (Lipinski definition) is 2. The summed E-state index contributed by atoms with van der Waals surface area (Å²) in [5, 5.41) is 6.31. The van der Waals surface area contributed by atoms with Gasteiger partial charge in [-0.1, -0.05) is 18.2 Å². The van der Waals surface area contributed by atoms with Crippen LogP contribution in [0.3, 0.4) is 0 Å². The van der Waals surface area contributed by atoms with Crippen LogP contribution in [0.5, 0.6) is 0 Å². The highest BCUT2D eigenvalue weighted by molar-refractivity contribution is 5.81. The summed E-state index contributed by atoms with van der Waals surface area (Å²) in [6.07, 6.45) is 3.15. The van der Waals surface area contributed by atoms with Crippen LogP contribution in [0.25, 0.3) is 0 Å². The van der Waals surface area contributed by atoms with Gasteiger partial charge in [-0.25, -0.2) is 0 Å². The van der Waals surface area contributed by atoms with Crippen molar-refractivity contribution in [3.8, 4) is 0 Å². The molecule has 0 aromatic heterocycles. The van der Waals surface area contributed by atoms with Gasteiger partial charge in [0.1, 0.15) is 0 Å². The summed E-state index contributed by atoms with van der Waals surface area (Å²) >= 11 is 0. The SMILES string of the molecule is Cc1ccc(CN[C@@H]2CCCCNC2=O)cc1C. The van der Waals surface area contributed by atoms with Gasteiger partial charge in [0.05, 0.1) is 6.04 Å². The lowest BCUT2D eigenvalue weighted by Crippen LogP contribution is -2.42. The Bertz CT molecular complexity index is 429. The van der Waals surface area contributed by atoms with Crippen LogP contribution in [0.15, 0.2) is 18.2 Å². The van der Waals surface area contributed by atoms with Crippen LogP contribution in [-0.2, 0) is 11.3 Å². The summed E-state index contributed by atoms with van der Waals surface area (Å²) in [6, 6.07) is 6.43. The second-order valence-corrected chi connectivity index (χ2v) is 5.14. The smallest absolute Gasteiger partial charge is 0.237 e. The van der Waals surface area contributed by atoms with E-state index in [0.29, 0.717) is 0 Å². The zero-order chi connectivity index (χ0) is 13.0. The Kier molecular flexibility index (Phi) is 4.37. The fourth-order valence-corrected chi connectivity index (χ4v) is 2.29. The maximum absolute atomic E-state index is 11.8. The molecular formula is C15H22N2O. The van der Waals surface area contributed by atoms with Crippen LogP contribution in [-0.4, -0.2) is 18.5 Å². The molecule has 2 N–H and O–H groups in total. The zero-order valence-electron chi connectivity index (χ0n) is 11.3. The van der Waals surface area contributed by atoms with E-state index in [-0.39, 0.29) is 11.9 Å². The summed E-state index contributed by atoms with van der Waals surface area (Å²) in [5.41, 5.74) is 3.86. The molecule has 0 unspecified atom stereocenters. The second-order valence-electron chi connectivity index (χ2n) is 5.14. The normalized spacial score (nSPS) is 20.3. The van der Waals surface area contributed by atoms with Gasteiger partial charge in [-0.05, 0) is 49.8 Å². The van der Waals surface area contributed by atoms with Crippen molar-refractivity contribution in [3.05, 3.63) is 34.9 Å². The minimum Gasteiger partial charge on any atom is -0.355 e. The molecule has 1 aromatic carbocycles. The molecule has 98 valence electrons. The van der Waals surface area contributed by atoms with E-state index in [1.54, 1.807) is 0 Å². The van der Waals surface area contributed by atoms with Gasteiger partial charge in [0, 0.05) is 13.1 Å². The first-order valence-corrected chi connectivity index (χ1v) is 6.74. The summed E-state index contributed by atoms with van der Waals surface area (Å²) in [4.78, 5) is 11.8. The molecule has 1 fully saturated rings. The van der Waals surface area contributed by atoms with E-state index in [1.165, 1.54) is 16.7 Å². The quantitative estimate of drug-likeness (QED) is 0.857. The Balaban J connectivity index is 1.93. The highest BCUT2D eigenvalue weighted by Gasteiger charge is 2.19. The van der Waals surface area contributed by atoms with Gasteiger partial charge in [-0.2, -0.15) is 0 Å². The van der Waals surface area contributed by atoms with Crippen LogP contribution in [0.2, 0.25) is 0 Å². The molecule has 1 atom stereocenters. The molecule has 0 radical (unpaired) electrons. The topological polar surface area (TPSA) is 41.1 Å². The van der Waals surface area contributed by atoms with E-state index in [9.17, 15) is 4.79 Å². The Morgan fingerprint density at radius 1 is 1.28 bits per heavy atom. The summed E-state index contributed by atoms with van der Waals surface area (Å²) in [6.45, 7) is 5.82. The fourth-order valence-electron chi connectivity index (χ4n) is 2.29. The number of rotatable bonds is 3. The first-order chi connectivity index (χ1) is 8.66. The first-order valence-electron chi connectivity index (χ1n) is 6.74. The van der Waals surface area contributed by atoms with Gasteiger partial charge in [0.15, 0.2) is 0 Å². The summed E-state index contributed by atoms with van der Waals surface area (Å²) in [5.74, 6) is 0.149. The van der Waals surface area contributed by atoms with Crippen molar-refractivity contribution in [3.63, 3.8) is 0 Å². The minimum absolute atomic E-state index is 0.0332. The van der Waals surface area contributed by atoms with Crippen LogP contribution < -0.4 is 10.6 Å². The van der Waals surface area contributed by atoms with Crippen LogP contribution in [0.1, 0.15) is 36.0 Å². The number of benzene rings is 1. The Labute approximate surface area is 109 Å². The molecule has 3 nitrogen and oxygen atoms in total. The van der Waals surface area contributed by atoms with Gasteiger partial charge in [-0.15, -0.1) is 0 Å². The highest BCUT2D eigenvalue weighted by atomic mass is 16.2. The third kappa shape index (κ3) is 3.33. The number of aryl methyl sites for hydroxylation is 2. The molecule has 0 bridgehead atoms.